The highest BCUT2D eigenvalue weighted by molar-refractivity contribution is 5.71. The van der Waals surface area contributed by atoms with Crippen LogP contribution in [0.3, 0.4) is 0 Å². The smallest absolute Gasteiger partial charge is 0.306 e. The van der Waals surface area contributed by atoms with Crippen molar-refractivity contribution in [3.8, 4) is 0 Å². The third-order valence-electron chi connectivity index (χ3n) is 13.8. The van der Waals surface area contributed by atoms with Gasteiger partial charge < -0.3 is 14.2 Å². The third kappa shape index (κ3) is 58.0. The summed E-state index contributed by atoms with van der Waals surface area (Å²) in [6, 6.07) is 0. The van der Waals surface area contributed by atoms with Crippen LogP contribution in [0.1, 0.15) is 323 Å². The Labute approximate surface area is 447 Å². The van der Waals surface area contributed by atoms with Gasteiger partial charge in [0.1, 0.15) is 13.2 Å². The lowest BCUT2D eigenvalue weighted by molar-refractivity contribution is -0.167. The van der Waals surface area contributed by atoms with Crippen LogP contribution in [0, 0.1) is 0 Å². The Balaban J connectivity index is 3.93. The summed E-state index contributed by atoms with van der Waals surface area (Å²) in [5, 5.41) is 0. The van der Waals surface area contributed by atoms with Crippen molar-refractivity contribution in [1.29, 1.82) is 0 Å². The highest BCUT2D eigenvalue weighted by Crippen LogP contribution is 2.17. The summed E-state index contributed by atoms with van der Waals surface area (Å²) in [6.07, 6.45) is 76.9. The molecule has 0 N–H and O–H groups in total. The van der Waals surface area contributed by atoms with Crippen molar-refractivity contribution in [2.45, 2.75) is 329 Å². The highest BCUT2D eigenvalue weighted by atomic mass is 16.6. The summed E-state index contributed by atoms with van der Waals surface area (Å²) in [4.78, 5) is 37.9. The molecule has 0 aliphatic carbocycles. The summed E-state index contributed by atoms with van der Waals surface area (Å²) >= 11 is 0. The average molecular weight is 1010 g/mol. The molecule has 6 nitrogen and oxygen atoms in total. The molecule has 0 spiro atoms. The second-order valence-corrected chi connectivity index (χ2v) is 21.0. The van der Waals surface area contributed by atoms with Gasteiger partial charge in [-0.15, -0.1) is 0 Å². The fourth-order valence-electron chi connectivity index (χ4n) is 9.12. The zero-order valence-electron chi connectivity index (χ0n) is 47.9. The van der Waals surface area contributed by atoms with Crippen LogP contribution in [0.5, 0.6) is 0 Å². The summed E-state index contributed by atoms with van der Waals surface area (Å²) in [7, 11) is 0. The Bertz CT molecular complexity index is 1290. The molecule has 418 valence electrons. The van der Waals surface area contributed by atoms with Gasteiger partial charge in [-0.1, -0.05) is 300 Å². The van der Waals surface area contributed by atoms with E-state index in [9.17, 15) is 14.4 Å². The van der Waals surface area contributed by atoms with E-state index < -0.39 is 6.10 Å². The lowest BCUT2D eigenvalue weighted by Crippen LogP contribution is -2.30. The SMILES string of the molecule is CC/C=C\C/C=C\C/C=C\C/C=C\C/C=C\CCCCCCCCCCCCCCCCCCCCCC(=O)OCC(COC(=O)CCCCCCCCCCC)OC(=O)CCCCCCCCCCCC. The van der Waals surface area contributed by atoms with Crippen molar-refractivity contribution in [1.82, 2.24) is 0 Å². The maximum Gasteiger partial charge on any atom is 0.306 e. The molecule has 0 aliphatic rings. The summed E-state index contributed by atoms with van der Waals surface area (Å²) in [5.74, 6) is -0.856. The summed E-state index contributed by atoms with van der Waals surface area (Å²) < 4.78 is 16.8. The topological polar surface area (TPSA) is 78.9 Å². The number of rotatable bonds is 57. The molecule has 0 aromatic rings. The molecule has 0 bridgehead atoms. The first kappa shape index (κ1) is 69.1. The molecular formula is C66H118O6. The van der Waals surface area contributed by atoms with Crippen molar-refractivity contribution >= 4 is 17.9 Å². The van der Waals surface area contributed by atoms with Gasteiger partial charge in [0.15, 0.2) is 6.10 Å². The first-order chi connectivity index (χ1) is 35.5. The van der Waals surface area contributed by atoms with Gasteiger partial charge in [-0.2, -0.15) is 0 Å². The van der Waals surface area contributed by atoms with E-state index in [-0.39, 0.29) is 31.1 Å². The first-order valence-electron chi connectivity index (χ1n) is 31.3. The van der Waals surface area contributed by atoms with E-state index in [0.29, 0.717) is 19.3 Å². The Morgan fingerprint density at radius 1 is 0.292 bits per heavy atom. The minimum absolute atomic E-state index is 0.0672. The van der Waals surface area contributed by atoms with Crippen LogP contribution in [-0.4, -0.2) is 37.2 Å². The van der Waals surface area contributed by atoms with E-state index >= 15 is 0 Å². The zero-order chi connectivity index (χ0) is 52.2. The molecule has 0 radical (unpaired) electrons. The predicted octanol–water partition coefficient (Wildman–Crippen LogP) is 21.2. The third-order valence-corrected chi connectivity index (χ3v) is 13.8. The van der Waals surface area contributed by atoms with E-state index in [1.807, 2.05) is 0 Å². The van der Waals surface area contributed by atoms with Crippen LogP contribution in [0.25, 0.3) is 0 Å². The van der Waals surface area contributed by atoms with E-state index in [4.69, 9.17) is 14.2 Å². The standard InChI is InChI=1S/C66H118O6/c1-4-7-10-13-16-19-21-22-23-24-25-26-27-28-29-30-31-32-33-34-35-36-37-38-39-40-41-42-43-44-45-48-50-53-56-59-65(68)71-62-63(61-70-64(67)58-55-52-49-46-18-15-12-9-6-3)72-66(69)60-57-54-51-47-20-17-14-11-8-5-2/h7,10,16,19,22-23,25-26,28-29,63H,4-6,8-9,11-15,17-18,20-21,24,27,30-62H2,1-3H3/b10-7-,19-16-,23-22-,26-25-,29-28-. The van der Waals surface area contributed by atoms with Gasteiger partial charge in [-0.25, -0.2) is 0 Å². The van der Waals surface area contributed by atoms with Crippen molar-refractivity contribution < 1.29 is 28.6 Å². The molecular weight excluding hydrogens is 889 g/mol. The van der Waals surface area contributed by atoms with Gasteiger partial charge in [-0.3, -0.25) is 14.4 Å². The highest BCUT2D eigenvalue weighted by Gasteiger charge is 2.19. The zero-order valence-corrected chi connectivity index (χ0v) is 47.9. The van der Waals surface area contributed by atoms with Crippen LogP contribution in [0.4, 0.5) is 0 Å². The Kier molecular flexibility index (Phi) is 58.2. The van der Waals surface area contributed by atoms with E-state index in [1.165, 1.54) is 193 Å². The number of carbonyl (C=O) groups excluding carboxylic acids is 3. The minimum atomic E-state index is -0.765. The van der Waals surface area contributed by atoms with Gasteiger partial charge >= 0.3 is 17.9 Å². The molecule has 0 aliphatic heterocycles. The number of ether oxygens (including phenoxy) is 3. The summed E-state index contributed by atoms with van der Waals surface area (Å²) in [5.41, 5.74) is 0. The second kappa shape index (κ2) is 60.7. The van der Waals surface area contributed by atoms with E-state index in [2.05, 4.69) is 81.5 Å². The quantitative estimate of drug-likeness (QED) is 0.0261. The predicted molar refractivity (Wildman–Crippen MR) is 312 cm³/mol. The minimum Gasteiger partial charge on any atom is -0.462 e. The van der Waals surface area contributed by atoms with Gasteiger partial charge in [0.2, 0.25) is 0 Å². The van der Waals surface area contributed by atoms with Crippen molar-refractivity contribution in [3.05, 3.63) is 60.8 Å². The molecule has 0 rings (SSSR count). The fourth-order valence-corrected chi connectivity index (χ4v) is 9.12. The molecule has 0 saturated carbocycles. The lowest BCUT2D eigenvalue weighted by atomic mass is 10.0. The van der Waals surface area contributed by atoms with Gasteiger partial charge in [0, 0.05) is 19.3 Å². The molecule has 1 unspecified atom stereocenters. The first-order valence-corrected chi connectivity index (χ1v) is 31.3. The van der Waals surface area contributed by atoms with E-state index in [0.717, 1.165) is 89.9 Å². The largest absolute Gasteiger partial charge is 0.462 e. The monoisotopic (exact) mass is 1010 g/mol. The molecule has 0 aromatic carbocycles. The second-order valence-electron chi connectivity index (χ2n) is 21.0. The lowest BCUT2D eigenvalue weighted by Gasteiger charge is -2.18. The number of hydrogen-bond donors (Lipinski definition) is 0. The van der Waals surface area contributed by atoms with E-state index in [1.54, 1.807) is 0 Å². The van der Waals surface area contributed by atoms with Crippen LogP contribution in [0.15, 0.2) is 60.8 Å². The van der Waals surface area contributed by atoms with Crippen LogP contribution in [-0.2, 0) is 28.6 Å². The normalized spacial score (nSPS) is 12.4. The van der Waals surface area contributed by atoms with Crippen molar-refractivity contribution in [2.24, 2.45) is 0 Å². The number of carbonyl (C=O) groups is 3. The fraction of sp³-hybridized carbons (Fsp3) is 0.803. The van der Waals surface area contributed by atoms with Crippen molar-refractivity contribution in [2.75, 3.05) is 13.2 Å². The molecule has 72 heavy (non-hydrogen) atoms. The molecule has 0 fully saturated rings. The summed E-state index contributed by atoms with van der Waals surface area (Å²) in [6.45, 7) is 6.52. The average Bonchev–Trinajstić information content (AvgIpc) is 3.38. The molecule has 1 atom stereocenters. The number of unbranched alkanes of at least 4 members (excludes halogenated alkanes) is 36. The molecule has 6 heteroatoms. The number of allylic oxidation sites excluding steroid dienone is 10. The maximum absolute atomic E-state index is 12.8. The van der Waals surface area contributed by atoms with Gasteiger partial charge in [-0.05, 0) is 64.2 Å². The maximum atomic E-state index is 12.8. The van der Waals surface area contributed by atoms with Crippen LogP contribution < -0.4 is 0 Å². The molecule has 0 amide bonds. The molecule has 0 saturated heterocycles. The van der Waals surface area contributed by atoms with Crippen LogP contribution >= 0.6 is 0 Å². The van der Waals surface area contributed by atoms with Gasteiger partial charge in [0.05, 0.1) is 0 Å². The van der Waals surface area contributed by atoms with Gasteiger partial charge in [0.25, 0.3) is 0 Å². The molecule has 0 aromatic heterocycles. The Morgan fingerprint density at radius 3 is 0.847 bits per heavy atom. The van der Waals surface area contributed by atoms with Crippen molar-refractivity contribution in [3.63, 3.8) is 0 Å². The Morgan fingerprint density at radius 2 is 0.542 bits per heavy atom. The number of hydrogen-bond acceptors (Lipinski definition) is 6. The molecule has 0 heterocycles. The number of esters is 3. The Hall–Kier alpha value is -2.89. The van der Waals surface area contributed by atoms with Crippen LogP contribution in [0.2, 0.25) is 0 Å².